The highest BCUT2D eigenvalue weighted by Gasteiger charge is 2.52. The number of rotatable bonds is 8. The van der Waals surface area contributed by atoms with Crippen molar-refractivity contribution in [2.24, 2.45) is 5.41 Å². The van der Waals surface area contributed by atoms with Gasteiger partial charge in [0.05, 0.1) is 17.2 Å². The van der Waals surface area contributed by atoms with Crippen LogP contribution in [0.2, 0.25) is 10.0 Å². The standard InChI is InChI=1S/C31H37Cl2N3O4S/c1-3-26(20-35-15-6-16-41(35,39)40)36-29(21-11-13-23(32)14-12-21)27(22-7-4-8-24(33)17-22)19-31(2,30(36)38)18-25-9-5-10-28(37)34-25/h4-5,7-14,17,26-27,29,39-40H,3,6,15-16,18-20H2,1-2H3,(H,34,37)/t26-,27+,29+,31-/m0/s1. The summed E-state index contributed by atoms with van der Waals surface area (Å²) in [4.78, 5) is 21.1. The molecule has 3 heterocycles. The van der Waals surface area contributed by atoms with Crippen LogP contribution in [0, 0.1) is 5.41 Å². The molecule has 2 aromatic carbocycles. The zero-order chi connectivity index (χ0) is 29.4. The molecule has 0 saturated carbocycles. The van der Waals surface area contributed by atoms with Gasteiger partial charge in [-0.2, -0.15) is 0 Å². The summed E-state index contributed by atoms with van der Waals surface area (Å²) < 4.78 is 23.3. The van der Waals surface area contributed by atoms with Crippen LogP contribution >= 0.6 is 34.0 Å². The van der Waals surface area contributed by atoms with E-state index in [1.54, 1.807) is 10.4 Å². The largest absolute Gasteiger partial charge is 0.493 e. The first-order valence-electron chi connectivity index (χ1n) is 14.0. The quantitative estimate of drug-likeness (QED) is 0.241. The molecular weight excluding hydrogens is 581 g/mol. The molecule has 2 fully saturated rings. The van der Waals surface area contributed by atoms with Gasteiger partial charge in [-0.25, -0.2) is 9.29 Å². The van der Waals surface area contributed by atoms with Crippen LogP contribution in [-0.4, -0.2) is 59.2 Å². The predicted octanol–water partition coefficient (Wildman–Crippen LogP) is 7.55. The van der Waals surface area contributed by atoms with Gasteiger partial charge < -0.3 is 10.0 Å². The first kappa shape index (κ1) is 30.1. The number of carbonyl (C=O) groups excluding carboxylic acids is 1. The van der Waals surface area contributed by atoms with Gasteiger partial charge in [0, 0.05) is 53.3 Å². The first-order valence-corrected chi connectivity index (χ1v) is 16.4. The molecule has 2 aliphatic rings. The Labute approximate surface area is 253 Å². The molecule has 1 amide bonds. The van der Waals surface area contributed by atoms with Crippen molar-refractivity contribution in [3.63, 3.8) is 0 Å². The summed E-state index contributed by atoms with van der Waals surface area (Å²) in [5.74, 6) is 0.123. The van der Waals surface area contributed by atoms with E-state index in [2.05, 4.69) is 11.1 Å². The maximum absolute atomic E-state index is 14.8. The molecule has 0 bridgehead atoms. The van der Waals surface area contributed by atoms with Gasteiger partial charge in [0.15, 0.2) is 0 Å². The Balaban J connectivity index is 1.65. The molecule has 3 aromatic rings. The van der Waals surface area contributed by atoms with Crippen LogP contribution in [0.1, 0.15) is 61.9 Å². The second-order valence-electron chi connectivity index (χ2n) is 11.4. The molecule has 2 saturated heterocycles. The maximum atomic E-state index is 14.8. The van der Waals surface area contributed by atoms with Crippen molar-refractivity contribution in [1.82, 2.24) is 14.2 Å². The monoisotopic (exact) mass is 617 g/mol. The third-order valence-electron chi connectivity index (χ3n) is 8.47. The van der Waals surface area contributed by atoms with Crippen molar-refractivity contribution in [2.75, 3.05) is 18.8 Å². The lowest BCUT2D eigenvalue weighted by Gasteiger charge is -2.53. The minimum Gasteiger partial charge on any atom is -0.493 e. The molecule has 41 heavy (non-hydrogen) atoms. The number of aromatic hydroxyl groups is 1. The zero-order valence-corrected chi connectivity index (χ0v) is 25.6. The van der Waals surface area contributed by atoms with Crippen molar-refractivity contribution < 1.29 is 19.0 Å². The summed E-state index contributed by atoms with van der Waals surface area (Å²) in [5.41, 5.74) is 1.76. The summed E-state index contributed by atoms with van der Waals surface area (Å²) in [7, 11) is -2.87. The number of halogens is 2. The highest BCUT2D eigenvalue weighted by Crippen LogP contribution is 2.53. The van der Waals surface area contributed by atoms with Gasteiger partial charge in [0.25, 0.3) is 0 Å². The van der Waals surface area contributed by atoms with E-state index in [-0.39, 0.29) is 29.8 Å². The van der Waals surface area contributed by atoms with Crippen molar-refractivity contribution in [3.8, 4) is 5.88 Å². The fraction of sp³-hybridized carbons (Fsp3) is 0.419. The van der Waals surface area contributed by atoms with Gasteiger partial charge in [-0.1, -0.05) is 67.4 Å². The lowest BCUT2D eigenvalue weighted by Crippen LogP contribution is -2.58. The van der Waals surface area contributed by atoms with Gasteiger partial charge in [-0.3, -0.25) is 13.9 Å². The number of amides is 1. The van der Waals surface area contributed by atoms with Gasteiger partial charge >= 0.3 is 0 Å². The summed E-state index contributed by atoms with van der Waals surface area (Å²) in [5, 5.41) is 11.3. The van der Waals surface area contributed by atoms with E-state index in [1.165, 1.54) is 6.07 Å². The number of pyridine rings is 1. The van der Waals surface area contributed by atoms with Crippen LogP contribution < -0.4 is 0 Å². The van der Waals surface area contributed by atoms with E-state index < -0.39 is 16.2 Å². The van der Waals surface area contributed by atoms with Gasteiger partial charge in [-0.05, 0) is 60.7 Å². The minimum absolute atomic E-state index is 0.0246. The molecule has 4 atom stereocenters. The normalized spacial score (nSPS) is 26.2. The second-order valence-corrected chi connectivity index (χ2v) is 14.5. The number of hydrogen-bond donors (Lipinski definition) is 3. The number of piperidine rings is 1. The van der Waals surface area contributed by atoms with Crippen molar-refractivity contribution in [2.45, 2.75) is 57.5 Å². The van der Waals surface area contributed by atoms with Gasteiger partial charge in [0.2, 0.25) is 11.8 Å². The third kappa shape index (κ3) is 6.38. The van der Waals surface area contributed by atoms with E-state index in [0.29, 0.717) is 60.3 Å². The van der Waals surface area contributed by atoms with Crippen LogP contribution in [0.5, 0.6) is 5.88 Å². The average Bonchev–Trinajstić information content (AvgIpc) is 3.26. The zero-order valence-electron chi connectivity index (χ0n) is 23.3. The van der Waals surface area contributed by atoms with Crippen LogP contribution in [0.15, 0.2) is 66.7 Å². The van der Waals surface area contributed by atoms with E-state index in [9.17, 15) is 19.0 Å². The molecule has 0 unspecified atom stereocenters. The van der Waals surface area contributed by atoms with E-state index in [4.69, 9.17) is 23.2 Å². The number of aromatic nitrogens is 1. The van der Waals surface area contributed by atoms with Crippen LogP contribution in [0.3, 0.4) is 0 Å². The first-order chi connectivity index (χ1) is 19.5. The topological polar surface area (TPSA) is 97.1 Å². The molecule has 2 aliphatic heterocycles. The number of likely N-dealkylation sites (tertiary alicyclic amines) is 1. The lowest BCUT2D eigenvalue weighted by molar-refractivity contribution is -0.155. The molecule has 10 heteroatoms. The molecule has 0 spiro atoms. The summed E-state index contributed by atoms with van der Waals surface area (Å²) >= 11 is 12.8. The lowest BCUT2D eigenvalue weighted by atomic mass is 9.66. The fourth-order valence-electron chi connectivity index (χ4n) is 6.48. The number of carbonyl (C=O) groups is 1. The number of hydrogen-bond acceptors (Lipinski definition) is 6. The molecular formula is C31H37Cl2N3O4S. The van der Waals surface area contributed by atoms with E-state index >= 15 is 0 Å². The molecule has 1 aromatic heterocycles. The van der Waals surface area contributed by atoms with Crippen LogP contribution in [-0.2, 0) is 11.2 Å². The average molecular weight is 619 g/mol. The van der Waals surface area contributed by atoms with E-state index in [0.717, 1.165) is 11.1 Å². The van der Waals surface area contributed by atoms with Crippen molar-refractivity contribution in [1.29, 1.82) is 0 Å². The Hall–Kier alpha value is -2.33. The highest BCUT2D eigenvalue weighted by molar-refractivity contribution is 8.22. The molecule has 5 rings (SSSR count). The van der Waals surface area contributed by atoms with Gasteiger partial charge in [0.1, 0.15) is 0 Å². The molecule has 7 nitrogen and oxygen atoms in total. The maximum Gasteiger partial charge on any atom is 0.229 e. The molecule has 0 radical (unpaired) electrons. The van der Waals surface area contributed by atoms with Crippen LogP contribution in [0.4, 0.5) is 0 Å². The van der Waals surface area contributed by atoms with Crippen molar-refractivity contribution in [3.05, 3.63) is 93.6 Å². The summed E-state index contributed by atoms with van der Waals surface area (Å²) in [6, 6.07) is 19.9. The number of benzene rings is 2. The second kappa shape index (κ2) is 12.1. The molecule has 220 valence electrons. The fourth-order valence-corrected chi connectivity index (χ4v) is 8.41. The Kier molecular flexibility index (Phi) is 8.90. The SMILES string of the molecule is CC[C@@H](CN1CCCS1(O)O)N1C(=O)[C@@](C)(Cc2cccc(O)n2)C[C@H](c2cccc(Cl)c2)[C@H]1c1ccc(Cl)cc1. The molecule has 0 aliphatic carbocycles. The van der Waals surface area contributed by atoms with Gasteiger partial charge in [-0.15, -0.1) is 10.8 Å². The van der Waals surface area contributed by atoms with Crippen molar-refractivity contribution >= 4 is 39.9 Å². The third-order valence-corrected chi connectivity index (χ3v) is 11.0. The Morgan fingerprint density at radius 1 is 1.05 bits per heavy atom. The summed E-state index contributed by atoms with van der Waals surface area (Å²) in [6.45, 7) is 4.95. The minimum atomic E-state index is -2.87. The Bertz CT molecular complexity index is 1390. The smallest absolute Gasteiger partial charge is 0.229 e. The molecule has 3 N–H and O–H groups in total. The summed E-state index contributed by atoms with van der Waals surface area (Å²) in [6.07, 6.45) is 2.21. The van der Waals surface area contributed by atoms with Crippen LogP contribution in [0.25, 0.3) is 0 Å². The Morgan fingerprint density at radius 3 is 2.41 bits per heavy atom. The highest BCUT2D eigenvalue weighted by atomic mass is 35.5. The predicted molar refractivity (Wildman–Crippen MR) is 166 cm³/mol. The van der Waals surface area contributed by atoms with E-state index in [1.807, 2.05) is 67.3 Å². The number of nitrogens with zero attached hydrogens (tertiary/aromatic N) is 3. The Morgan fingerprint density at radius 2 is 1.78 bits per heavy atom.